The second-order valence-corrected chi connectivity index (χ2v) is 5.87. The van der Waals surface area contributed by atoms with Gasteiger partial charge in [-0.1, -0.05) is 6.54 Å². The first-order valence-electron chi connectivity index (χ1n) is 6.60. The van der Waals surface area contributed by atoms with E-state index in [4.69, 9.17) is 4.74 Å². The summed E-state index contributed by atoms with van der Waals surface area (Å²) < 4.78 is 5.10. The van der Waals surface area contributed by atoms with Crippen LogP contribution in [0.1, 0.15) is 26.7 Å². The van der Waals surface area contributed by atoms with Crippen molar-refractivity contribution in [3.63, 3.8) is 0 Å². The first-order chi connectivity index (χ1) is 8.40. The van der Waals surface area contributed by atoms with E-state index in [1.807, 2.05) is 18.7 Å². The van der Waals surface area contributed by atoms with Crippen LogP contribution in [0.15, 0.2) is 0 Å². The fourth-order valence-corrected chi connectivity index (χ4v) is 2.52. The Morgan fingerprint density at radius 2 is 2.00 bits per heavy atom. The van der Waals surface area contributed by atoms with Crippen molar-refractivity contribution in [2.75, 3.05) is 26.2 Å². The Morgan fingerprint density at radius 3 is 2.42 bits per heavy atom. The van der Waals surface area contributed by atoms with Gasteiger partial charge in [-0.25, -0.2) is 4.79 Å². The SMILES string of the molecule is CB(O)N1CC[C-](CN2C(=O)OCC2(C)C)CC1.[Y]. The molecule has 0 unspecified atom stereocenters. The van der Waals surface area contributed by atoms with Crippen molar-refractivity contribution in [1.29, 1.82) is 0 Å². The van der Waals surface area contributed by atoms with Crippen molar-refractivity contribution in [3.05, 3.63) is 5.92 Å². The molecular weight excluding hydrogens is 320 g/mol. The van der Waals surface area contributed by atoms with E-state index < -0.39 is 0 Å². The summed E-state index contributed by atoms with van der Waals surface area (Å²) >= 11 is 0. The van der Waals surface area contributed by atoms with Gasteiger partial charge in [0.05, 0.1) is 5.54 Å². The Balaban J connectivity index is 0.00000180. The number of hydrogen-bond donors (Lipinski definition) is 1. The van der Waals surface area contributed by atoms with Gasteiger partial charge in [-0.05, 0) is 33.8 Å². The molecule has 0 spiro atoms. The summed E-state index contributed by atoms with van der Waals surface area (Å²) in [5.41, 5.74) is -0.203. The van der Waals surface area contributed by atoms with Crippen molar-refractivity contribution in [2.45, 2.75) is 39.1 Å². The van der Waals surface area contributed by atoms with Crippen LogP contribution >= 0.6 is 0 Å². The Bertz CT molecular complexity index is 320. The van der Waals surface area contributed by atoms with Gasteiger partial charge in [0.2, 0.25) is 0 Å². The van der Waals surface area contributed by atoms with Gasteiger partial charge < -0.3 is 19.5 Å². The predicted octanol–water partition coefficient (Wildman–Crippen LogP) is 0.995. The summed E-state index contributed by atoms with van der Waals surface area (Å²) in [5.74, 6) is 1.37. The third-order valence-corrected chi connectivity index (χ3v) is 3.92. The average molecular weight is 342 g/mol. The Kier molecular flexibility index (Phi) is 6.30. The Morgan fingerprint density at radius 1 is 1.42 bits per heavy atom. The summed E-state index contributed by atoms with van der Waals surface area (Å²) in [6.45, 7) is 8.77. The van der Waals surface area contributed by atoms with Crippen LogP contribution in [0.5, 0.6) is 0 Å². The van der Waals surface area contributed by atoms with Crippen LogP contribution in [-0.4, -0.2) is 59.7 Å². The average Bonchev–Trinajstić information content (AvgIpc) is 2.57. The fourth-order valence-electron chi connectivity index (χ4n) is 2.52. The fraction of sp³-hybridized carbons (Fsp3) is 0.833. The first-order valence-corrected chi connectivity index (χ1v) is 6.60. The molecule has 19 heavy (non-hydrogen) atoms. The molecule has 2 aliphatic heterocycles. The number of rotatable bonds is 3. The second kappa shape index (κ2) is 6.88. The standard InChI is InChI=1S/C12H22BN2O3.Y/c1-12(2)9-18-11(16)15(12)8-10-4-6-14(7-5-10)13(3)17;/h17H,4-9H2,1-3H3;/q-1;. The zero-order chi connectivity index (χ0) is 13.3. The number of amides is 1. The minimum absolute atomic E-state index is 0. The maximum absolute atomic E-state index is 11.7. The third kappa shape index (κ3) is 4.16. The predicted molar refractivity (Wildman–Crippen MR) is 70.0 cm³/mol. The van der Waals surface area contributed by atoms with Crippen LogP contribution in [-0.2, 0) is 37.4 Å². The molecule has 0 aromatic heterocycles. The molecule has 1 amide bonds. The van der Waals surface area contributed by atoms with E-state index >= 15 is 0 Å². The number of cyclic esters (lactones) is 1. The molecule has 105 valence electrons. The maximum Gasteiger partial charge on any atom is 0.407 e. The molecule has 0 aliphatic carbocycles. The van der Waals surface area contributed by atoms with E-state index in [0.717, 1.165) is 25.9 Å². The van der Waals surface area contributed by atoms with E-state index in [0.29, 0.717) is 13.2 Å². The van der Waals surface area contributed by atoms with Gasteiger partial charge in [0.1, 0.15) is 6.61 Å². The van der Waals surface area contributed by atoms with Gasteiger partial charge in [-0.15, -0.1) is 0 Å². The van der Waals surface area contributed by atoms with Crippen LogP contribution in [0.2, 0.25) is 6.82 Å². The molecule has 2 fully saturated rings. The molecule has 2 saturated heterocycles. The molecule has 0 bridgehead atoms. The quantitative estimate of drug-likeness (QED) is 0.614. The van der Waals surface area contributed by atoms with Crippen molar-refractivity contribution < 1.29 is 47.3 Å². The van der Waals surface area contributed by atoms with Crippen LogP contribution in [0, 0.1) is 5.92 Å². The van der Waals surface area contributed by atoms with Gasteiger partial charge in [-0.3, -0.25) is 5.92 Å². The first kappa shape index (κ1) is 17.4. The van der Waals surface area contributed by atoms with Crippen molar-refractivity contribution in [2.24, 2.45) is 0 Å². The van der Waals surface area contributed by atoms with Gasteiger partial charge >= 0.3 is 13.1 Å². The molecule has 1 N–H and O–H groups in total. The van der Waals surface area contributed by atoms with Gasteiger partial charge in [0.25, 0.3) is 0 Å². The van der Waals surface area contributed by atoms with E-state index in [2.05, 4.69) is 4.81 Å². The monoisotopic (exact) mass is 342 g/mol. The van der Waals surface area contributed by atoms with Gasteiger partial charge in [-0.2, -0.15) is 12.8 Å². The summed E-state index contributed by atoms with van der Waals surface area (Å²) in [6.07, 6.45) is 1.70. The Labute approximate surface area is 141 Å². The van der Waals surface area contributed by atoms with Crippen LogP contribution in [0.3, 0.4) is 0 Å². The van der Waals surface area contributed by atoms with Gasteiger partial charge in [0, 0.05) is 32.7 Å². The minimum atomic E-state index is -0.375. The molecule has 0 aromatic carbocycles. The van der Waals surface area contributed by atoms with Crippen LogP contribution in [0.25, 0.3) is 0 Å². The zero-order valence-electron chi connectivity index (χ0n) is 12.1. The van der Waals surface area contributed by atoms with E-state index in [1.54, 1.807) is 6.82 Å². The molecule has 2 aliphatic rings. The maximum atomic E-state index is 11.7. The van der Waals surface area contributed by atoms with Crippen LogP contribution < -0.4 is 0 Å². The molecular formula is C12H22BN2O3Y-. The topological polar surface area (TPSA) is 53.0 Å². The minimum Gasteiger partial charge on any atom is -0.447 e. The molecule has 0 aromatic rings. The molecule has 2 rings (SSSR count). The van der Waals surface area contributed by atoms with Gasteiger partial charge in [0.15, 0.2) is 0 Å². The summed E-state index contributed by atoms with van der Waals surface area (Å²) in [4.78, 5) is 15.5. The number of piperidine rings is 1. The smallest absolute Gasteiger partial charge is 0.407 e. The van der Waals surface area contributed by atoms with Crippen molar-refractivity contribution in [3.8, 4) is 0 Å². The summed E-state index contributed by atoms with van der Waals surface area (Å²) in [5, 5.41) is 9.50. The molecule has 0 atom stereocenters. The number of carbonyl (C=O) groups excluding carboxylic acids is 1. The second-order valence-electron chi connectivity index (χ2n) is 5.87. The third-order valence-electron chi connectivity index (χ3n) is 3.92. The molecule has 2 heterocycles. The zero-order valence-corrected chi connectivity index (χ0v) is 14.9. The molecule has 0 saturated carbocycles. The number of hydrogen-bond acceptors (Lipinski definition) is 4. The van der Waals surface area contributed by atoms with E-state index in [9.17, 15) is 9.82 Å². The largest absolute Gasteiger partial charge is 0.447 e. The molecule has 5 nitrogen and oxygen atoms in total. The van der Waals surface area contributed by atoms with Crippen molar-refractivity contribution in [1.82, 2.24) is 9.71 Å². The summed E-state index contributed by atoms with van der Waals surface area (Å²) in [7, 11) is -0.375. The Hall–Kier alpha value is 0.359. The van der Waals surface area contributed by atoms with E-state index in [1.165, 1.54) is 5.92 Å². The normalized spacial score (nSPS) is 24.0. The molecule has 7 heteroatoms. The van der Waals surface area contributed by atoms with E-state index in [-0.39, 0.29) is 51.4 Å². The molecule has 1 radical (unpaired) electrons. The van der Waals surface area contributed by atoms with Crippen LogP contribution in [0.4, 0.5) is 4.79 Å². The number of nitrogens with zero attached hydrogens (tertiary/aromatic N) is 2. The number of ether oxygens (including phenoxy) is 1. The number of carbonyl (C=O) groups is 1. The van der Waals surface area contributed by atoms with Crippen molar-refractivity contribution >= 4 is 13.1 Å². The summed E-state index contributed by atoms with van der Waals surface area (Å²) in [6, 6.07) is 0.